The Hall–Kier alpha value is -0.790. The van der Waals surface area contributed by atoms with Crippen molar-refractivity contribution >= 4 is 11.8 Å². The third-order valence-electron chi connectivity index (χ3n) is 3.66. The fraction of sp³-hybridized carbons (Fsp3) is 0.538. The number of hydrogen-bond donors (Lipinski definition) is 2. The molecular formula is C13H16F4N2S. The van der Waals surface area contributed by atoms with E-state index < -0.39 is 23.6 Å². The first-order chi connectivity index (χ1) is 9.28. The third kappa shape index (κ3) is 2.94. The number of benzene rings is 1. The number of nitrogens with one attached hydrogen (secondary N) is 1. The van der Waals surface area contributed by atoms with Crippen LogP contribution in [0.15, 0.2) is 18.2 Å². The SMILES string of the molecule is CC1(C(NN)c2ccc(F)c(C(F)(F)F)c2)CCCS1. The summed E-state index contributed by atoms with van der Waals surface area (Å²) in [5.74, 6) is 5.21. The minimum Gasteiger partial charge on any atom is -0.271 e. The van der Waals surface area contributed by atoms with E-state index in [-0.39, 0.29) is 4.75 Å². The molecule has 1 aliphatic heterocycles. The van der Waals surface area contributed by atoms with Gasteiger partial charge in [-0.2, -0.15) is 24.9 Å². The number of thioether (sulfide) groups is 1. The van der Waals surface area contributed by atoms with Crippen molar-refractivity contribution in [3.8, 4) is 0 Å². The maximum atomic E-state index is 13.3. The standard InChI is InChI=1S/C13H16F4N2S/c1-12(5-2-6-20-12)11(19-18)8-3-4-10(14)9(7-8)13(15,16)17/h3-4,7,11,19H,2,5-6,18H2,1H3. The maximum Gasteiger partial charge on any atom is 0.419 e. The van der Waals surface area contributed by atoms with Gasteiger partial charge in [0, 0.05) is 4.75 Å². The monoisotopic (exact) mass is 308 g/mol. The van der Waals surface area contributed by atoms with Crippen LogP contribution in [0.5, 0.6) is 0 Å². The van der Waals surface area contributed by atoms with Crippen LogP contribution in [0.2, 0.25) is 0 Å². The van der Waals surface area contributed by atoms with Crippen molar-refractivity contribution in [2.45, 2.75) is 36.7 Å². The van der Waals surface area contributed by atoms with Crippen LogP contribution in [-0.4, -0.2) is 10.5 Å². The van der Waals surface area contributed by atoms with Crippen LogP contribution in [-0.2, 0) is 6.18 Å². The normalized spacial score (nSPS) is 24.9. The van der Waals surface area contributed by atoms with E-state index in [1.165, 1.54) is 6.07 Å². The summed E-state index contributed by atoms with van der Waals surface area (Å²) < 4.78 is 51.4. The van der Waals surface area contributed by atoms with Gasteiger partial charge in [-0.1, -0.05) is 6.07 Å². The largest absolute Gasteiger partial charge is 0.419 e. The fourth-order valence-corrected chi connectivity index (χ4v) is 4.01. The molecule has 112 valence electrons. The molecule has 1 saturated heterocycles. The summed E-state index contributed by atoms with van der Waals surface area (Å²) in [4.78, 5) is 0. The zero-order valence-electron chi connectivity index (χ0n) is 10.9. The Morgan fingerprint density at radius 3 is 2.60 bits per heavy atom. The molecule has 2 atom stereocenters. The number of nitrogens with two attached hydrogens (primary N) is 1. The van der Waals surface area contributed by atoms with Crippen LogP contribution in [0.4, 0.5) is 17.6 Å². The Labute approximate surface area is 119 Å². The van der Waals surface area contributed by atoms with Gasteiger partial charge in [0.2, 0.25) is 0 Å². The van der Waals surface area contributed by atoms with Gasteiger partial charge < -0.3 is 0 Å². The summed E-state index contributed by atoms with van der Waals surface area (Å²) in [6, 6.07) is 2.62. The Bertz CT molecular complexity index is 484. The van der Waals surface area contributed by atoms with E-state index in [1.54, 1.807) is 11.8 Å². The predicted molar refractivity (Wildman–Crippen MR) is 71.6 cm³/mol. The molecule has 0 amide bonds. The molecule has 1 aromatic rings. The van der Waals surface area contributed by atoms with Crippen LogP contribution in [0.25, 0.3) is 0 Å². The summed E-state index contributed by atoms with van der Waals surface area (Å²) in [5, 5.41) is 0. The molecule has 2 nitrogen and oxygen atoms in total. The minimum absolute atomic E-state index is 0.282. The van der Waals surface area contributed by atoms with Crippen molar-refractivity contribution in [2.24, 2.45) is 5.84 Å². The molecular weight excluding hydrogens is 292 g/mol. The molecule has 1 aliphatic rings. The molecule has 0 bridgehead atoms. The molecule has 7 heteroatoms. The second-order valence-corrected chi connectivity index (χ2v) is 6.73. The van der Waals surface area contributed by atoms with Crippen LogP contribution < -0.4 is 11.3 Å². The first kappa shape index (κ1) is 15.6. The second-order valence-electron chi connectivity index (χ2n) is 5.10. The van der Waals surface area contributed by atoms with Crippen molar-refractivity contribution < 1.29 is 17.6 Å². The zero-order chi connectivity index (χ0) is 15.0. The van der Waals surface area contributed by atoms with Gasteiger partial charge in [0.25, 0.3) is 0 Å². The van der Waals surface area contributed by atoms with Crippen molar-refractivity contribution in [3.05, 3.63) is 35.1 Å². The average molecular weight is 308 g/mol. The number of rotatable bonds is 3. The average Bonchev–Trinajstić information content (AvgIpc) is 2.78. The molecule has 0 spiro atoms. The summed E-state index contributed by atoms with van der Waals surface area (Å²) in [7, 11) is 0. The number of alkyl halides is 3. The van der Waals surface area contributed by atoms with Crippen molar-refractivity contribution in [2.75, 3.05) is 5.75 Å². The molecule has 1 fully saturated rings. The quantitative estimate of drug-likeness (QED) is 0.509. The number of halogens is 4. The van der Waals surface area contributed by atoms with Crippen LogP contribution in [0.3, 0.4) is 0 Å². The lowest BCUT2D eigenvalue weighted by molar-refractivity contribution is -0.140. The van der Waals surface area contributed by atoms with E-state index in [0.717, 1.165) is 30.7 Å². The van der Waals surface area contributed by atoms with Gasteiger partial charge in [0.15, 0.2) is 0 Å². The van der Waals surface area contributed by atoms with Gasteiger partial charge >= 0.3 is 6.18 Å². The molecule has 2 rings (SSSR count). The Morgan fingerprint density at radius 1 is 1.40 bits per heavy atom. The van der Waals surface area contributed by atoms with Crippen molar-refractivity contribution in [1.82, 2.24) is 5.43 Å². The summed E-state index contributed by atoms with van der Waals surface area (Å²) >= 11 is 1.67. The fourth-order valence-electron chi connectivity index (χ4n) is 2.59. The number of hydrazine groups is 1. The zero-order valence-corrected chi connectivity index (χ0v) is 11.7. The van der Waals surface area contributed by atoms with Gasteiger partial charge in [-0.15, -0.1) is 0 Å². The lowest BCUT2D eigenvalue weighted by Gasteiger charge is -2.33. The molecule has 0 radical (unpaired) electrons. The lowest BCUT2D eigenvalue weighted by atomic mass is 9.90. The molecule has 1 aromatic carbocycles. The van der Waals surface area contributed by atoms with Gasteiger partial charge in [0.05, 0.1) is 11.6 Å². The molecule has 2 unspecified atom stereocenters. The molecule has 3 N–H and O–H groups in total. The van der Waals surface area contributed by atoms with Crippen LogP contribution in [0.1, 0.15) is 36.9 Å². The summed E-state index contributed by atoms with van der Waals surface area (Å²) in [6.07, 6.45) is -2.86. The highest BCUT2D eigenvalue weighted by molar-refractivity contribution is 8.00. The highest BCUT2D eigenvalue weighted by Crippen LogP contribution is 2.47. The Morgan fingerprint density at radius 2 is 2.10 bits per heavy atom. The molecule has 1 heterocycles. The van der Waals surface area contributed by atoms with Gasteiger partial charge in [-0.25, -0.2) is 4.39 Å². The van der Waals surface area contributed by atoms with Gasteiger partial charge in [0.1, 0.15) is 5.82 Å². The topological polar surface area (TPSA) is 38.0 Å². The maximum absolute atomic E-state index is 13.3. The van der Waals surface area contributed by atoms with Crippen molar-refractivity contribution in [1.29, 1.82) is 0 Å². The minimum atomic E-state index is -4.71. The third-order valence-corrected chi connectivity index (χ3v) is 5.25. The highest BCUT2D eigenvalue weighted by atomic mass is 32.2. The number of hydrogen-bond acceptors (Lipinski definition) is 3. The van der Waals surface area contributed by atoms with E-state index in [2.05, 4.69) is 5.43 Å². The van der Waals surface area contributed by atoms with E-state index in [1.807, 2.05) is 6.92 Å². The van der Waals surface area contributed by atoms with Crippen LogP contribution >= 0.6 is 11.8 Å². The second kappa shape index (κ2) is 5.54. The molecule has 20 heavy (non-hydrogen) atoms. The van der Waals surface area contributed by atoms with Crippen molar-refractivity contribution in [3.63, 3.8) is 0 Å². The lowest BCUT2D eigenvalue weighted by Crippen LogP contribution is -2.41. The van der Waals surface area contributed by atoms with Gasteiger partial charge in [-0.05, 0) is 43.2 Å². The van der Waals surface area contributed by atoms with Crippen LogP contribution in [0, 0.1) is 5.82 Å². The molecule has 0 aromatic heterocycles. The smallest absolute Gasteiger partial charge is 0.271 e. The first-order valence-corrected chi connectivity index (χ1v) is 7.23. The molecule has 0 aliphatic carbocycles. The highest BCUT2D eigenvalue weighted by Gasteiger charge is 2.40. The molecule has 0 saturated carbocycles. The summed E-state index contributed by atoms with van der Waals surface area (Å²) in [6.45, 7) is 1.96. The van der Waals surface area contributed by atoms with E-state index >= 15 is 0 Å². The first-order valence-electron chi connectivity index (χ1n) is 6.25. The Balaban J connectivity index is 2.41. The van der Waals surface area contributed by atoms with E-state index in [9.17, 15) is 17.6 Å². The van der Waals surface area contributed by atoms with E-state index in [0.29, 0.717) is 5.56 Å². The summed E-state index contributed by atoms with van der Waals surface area (Å²) in [5.41, 5.74) is 1.70. The predicted octanol–water partition coefficient (Wildman–Crippen LogP) is 3.63. The Kier molecular flexibility index (Phi) is 4.32. The van der Waals surface area contributed by atoms with E-state index in [4.69, 9.17) is 5.84 Å². The van der Waals surface area contributed by atoms with Gasteiger partial charge in [-0.3, -0.25) is 11.3 Å².